The molecule has 4 aromatic rings. The van der Waals surface area contributed by atoms with Crippen molar-refractivity contribution in [2.24, 2.45) is 12.0 Å². The van der Waals surface area contributed by atoms with Crippen molar-refractivity contribution in [3.63, 3.8) is 0 Å². The quantitative estimate of drug-likeness (QED) is 0.393. The number of nitrogens with zero attached hydrogens (tertiary/aromatic N) is 2. The van der Waals surface area contributed by atoms with E-state index in [9.17, 15) is 9.59 Å². The molecule has 30 heavy (non-hydrogen) atoms. The van der Waals surface area contributed by atoms with E-state index in [4.69, 9.17) is 12.2 Å². The summed E-state index contributed by atoms with van der Waals surface area (Å²) in [5, 5.41) is 2.72. The number of carbonyl (C=O) groups excluding carboxylic acids is 2. The van der Waals surface area contributed by atoms with Gasteiger partial charge in [0, 0.05) is 23.7 Å². The number of benzene rings is 3. The molecule has 5 nitrogen and oxygen atoms in total. The molecule has 1 N–H and O–H groups in total. The molecule has 1 amide bonds. The number of carbonyl (C=O) groups is 2. The first-order chi connectivity index (χ1) is 14.5. The van der Waals surface area contributed by atoms with Gasteiger partial charge >= 0.3 is 0 Å². The third-order valence-electron chi connectivity index (χ3n) is 4.58. The van der Waals surface area contributed by atoms with Crippen LogP contribution in [0.25, 0.3) is 10.2 Å². The maximum Gasteiger partial charge on any atom is 0.257 e. The number of rotatable bonds is 3. The Labute approximate surface area is 182 Å². The number of thiazole rings is 1. The van der Waals surface area contributed by atoms with Crippen molar-refractivity contribution in [1.82, 2.24) is 9.88 Å². The molecule has 1 aromatic heterocycles. The second-order valence-corrected chi connectivity index (χ2v) is 7.95. The molecule has 0 fully saturated rings. The monoisotopic (exact) mass is 431 g/mol. The molecule has 0 atom stereocenters. The van der Waals surface area contributed by atoms with E-state index in [1.807, 2.05) is 54.1 Å². The van der Waals surface area contributed by atoms with Crippen LogP contribution in [0.3, 0.4) is 0 Å². The second-order valence-electron chi connectivity index (χ2n) is 6.55. The number of nitrogens with one attached hydrogen (secondary N) is 1. The van der Waals surface area contributed by atoms with Crippen LogP contribution >= 0.6 is 23.6 Å². The molecule has 0 saturated carbocycles. The highest BCUT2D eigenvalue weighted by atomic mass is 32.1. The molecular formula is C23H17N3O2S2. The summed E-state index contributed by atoms with van der Waals surface area (Å²) >= 11 is 6.75. The van der Waals surface area contributed by atoms with Crippen LogP contribution < -0.4 is 10.1 Å². The van der Waals surface area contributed by atoms with Crippen molar-refractivity contribution in [2.75, 3.05) is 0 Å². The van der Waals surface area contributed by atoms with Gasteiger partial charge in [0.25, 0.3) is 5.91 Å². The van der Waals surface area contributed by atoms with Crippen molar-refractivity contribution >= 4 is 50.6 Å². The Kier molecular flexibility index (Phi) is 5.65. The van der Waals surface area contributed by atoms with E-state index in [0.29, 0.717) is 21.5 Å². The number of ketones is 1. The Morgan fingerprint density at radius 3 is 2.17 bits per heavy atom. The lowest BCUT2D eigenvalue weighted by atomic mass is 10.0. The summed E-state index contributed by atoms with van der Waals surface area (Å²) in [6.45, 7) is 0. The van der Waals surface area contributed by atoms with Crippen LogP contribution in [0.5, 0.6) is 0 Å². The van der Waals surface area contributed by atoms with E-state index >= 15 is 0 Å². The Bertz CT molecular complexity index is 1320. The lowest BCUT2D eigenvalue weighted by molar-refractivity contribution is 0.0975. The number of aromatic nitrogens is 1. The second kappa shape index (κ2) is 8.52. The molecule has 3 aromatic carbocycles. The Morgan fingerprint density at radius 1 is 0.867 bits per heavy atom. The van der Waals surface area contributed by atoms with Crippen molar-refractivity contribution in [2.45, 2.75) is 0 Å². The molecule has 4 rings (SSSR count). The van der Waals surface area contributed by atoms with Crippen molar-refractivity contribution in [3.05, 3.63) is 100 Å². The summed E-state index contributed by atoms with van der Waals surface area (Å²) in [7, 11) is 1.91. The van der Waals surface area contributed by atoms with E-state index in [1.165, 1.54) is 11.3 Å². The van der Waals surface area contributed by atoms with Crippen LogP contribution in [0.1, 0.15) is 26.3 Å². The summed E-state index contributed by atoms with van der Waals surface area (Å²) in [6.07, 6.45) is 0. The van der Waals surface area contributed by atoms with Gasteiger partial charge in [0.2, 0.25) is 5.11 Å². The SMILES string of the molecule is Cn1/c(=N/C(=S)NC(=O)c2ccc(C(=O)c3ccccc3)cc2)sc2ccccc21. The van der Waals surface area contributed by atoms with Gasteiger partial charge in [-0.05, 0) is 36.5 Å². The molecule has 0 saturated heterocycles. The molecule has 0 unspecified atom stereocenters. The minimum absolute atomic E-state index is 0.0894. The fraction of sp³-hybridized carbons (Fsp3) is 0.0435. The zero-order valence-corrected chi connectivity index (χ0v) is 17.7. The fourth-order valence-corrected chi connectivity index (χ4v) is 4.26. The molecular weight excluding hydrogens is 414 g/mol. The number of aryl methyl sites for hydroxylation is 1. The van der Waals surface area contributed by atoms with Crippen LogP contribution in [0, 0.1) is 0 Å². The zero-order chi connectivity index (χ0) is 21.1. The molecule has 0 aliphatic rings. The Hall–Kier alpha value is -3.42. The zero-order valence-electron chi connectivity index (χ0n) is 16.0. The van der Waals surface area contributed by atoms with E-state index in [2.05, 4.69) is 10.3 Å². The van der Waals surface area contributed by atoms with Crippen molar-refractivity contribution in [3.8, 4) is 0 Å². The van der Waals surface area contributed by atoms with Gasteiger partial charge in [-0.25, -0.2) is 0 Å². The molecule has 0 radical (unpaired) electrons. The predicted molar refractivity (Wildman–Crippen MR) is 123 cm³/mol. The predicted octanol–water partition coefficient (Wildman–Crippen LogP) is 4.09. The average Bonchev–Trinajstić information content (AvgIpc) is 3.09. The first kappa shape index (κ1) is 19.9. The number of para-hydroxylation sites is 1. The minimum atomic E-state index is -0.369. The summed E-state index contributed by atoms with van der Waals surface area (Å²) in [4.78, 5) is 30.1. The van der Waals surface area contributed by atoms with Crippen molar-refractivity contribution < 1.29 is 9.59 Å². The van der Waals surface area contributed by atoms with Crippen LogP contribution in [-0.2, 0) is 7.05 Å². The molecule has 0 aliphatic carbocycles. The Balaban J connectivity index is 1.49. The maximum atomic E-state index is 12.5. The van der Waals surface area contributed by atoms with Gasteiger partial charge in [0.15, 0.2) is 10.6 Å². The highest BCUT2D eigenvalue weighted by Crippen LogP contribution is 2.15. The Morgan fingerprint density at radius 2 is 1.47 bits per heavy atom. The van der Waals surface area contributed by atoms with Crippen LogP contribution in [0.15, 0.2) is 83.9 Å². The summed E-state index contributed by atoms with van der Waals surface area (Å²) in [5.41, 5.74) is 2.57. The third-order valence-corrected chi connectivity index (χ3v) is 5.88. The number of hydrogen-bond acceptors (Lipinski definition) is 4. The van der Waals surface area contributed by atoms with Crippen LogP contribution in [-0.4, -0.2) is 21.4 Å². The number of amides is 1. The first-order valence-electron chi connectivity index (χ1n) is 9.17. The summed E-state index contributed by atoms with van der Waals surface area (Å²) in [6, 6.07) is 23.4. The van der Waals surface area contributed by atoms with Crippen LogP contribution in [0.2, 0.25) is 0 Å². The van der Waals surface area contributed by atoms with E-state index in [1.54, 1.807) is 36.4 Å². The normalized spacial score (nSPS) is 11.4. The number of hydrogen-bond donors (Lipinski definition) is 1. The molecule has 0 spiro atoms. The standard InChI is InChI=1S/C23H17N3O2S2/c1-26-18-9-5-6-10-19(18)30-23(26)25-22(29)24-21(28)17-13-11-16(12-14-17)20(27)15-7-3-2-4-8-15/h2-14H,1H3,(H,24,28,29)/b25-23-. The van der Waals surface area contributed by atoms with E-state index in [-0.39, 0.29) is 16.8 Å². The van der Waals surface area contributed by atoms with Crippen LogP contribution in [0.4, 0.5) is 0 Å². The van der Waals surface area contributed by atoms with E-state index in [0.717, 1.165) is 10.2 Å². The van der Waals surface area contributed by atoms with Gasteiger partial charge in [-0.15, -0.1) is 0 Å². The van der Waals surface area contributed by atoms with Gasteiger partial charge in [-0.2, -0.15) is 4.99 Å². The molecule has 0 bridgehead atoms. The topological polar surface area (TPSA) is 63.5 Å². The first-order valence-corrected chi connectivity index (χ1v) is 10.4. The van der Waals surface area contributed by atoms with E-state index < -0.39 is 0 Å². The van der Waals surface area contributed by atoms with Gasteiger partial charge < -0.3 is 4.57 Å². The molecule has 7 heteroatoms. The number of fused-ring (bicyclic) bond motifs is 1. The lowest BCUT2D eigenvalue weighted by Gasteiger charge is -2.05. The van der Waals surface area contributed by atoms with Crippen molar-refractivity contribution in [1.29, 1.82) is 0 Å². The summed E-state index contributed by atoms with van der Waals surface area (Å²) < 4.78 is 3.02. The minimum Gasteiger partial charge on any atom is -0.319 e. The third kappa shape index (κ3) is 4.12. The highest BCUT2D eigenvalue weighted by molar-refractivity contribution is 7.80. The van der Waals surface area contributed by atoms with Gasteiger partial charge in [0.05, 0.1) is 10.2 Å². The van der Waals surface area contributed by atoms with Gasteiger partial charge in [0.1, 0.15) is 0 Å². The van der Waals surface area contributed by atoms with Gasteiger partial charge in [-0.3, -0.25) is 14.9 Å². The molecule has 148 valence electrons. The largest absolute Gasteiger partial charge is 0.319 e. The average molecular weight is 432 g/mol. The highest BCUT2D eigenvalue weighted by Gasteiger charge is 2.12. The maximum absolute atomic E-state index is 12.5. The smallest absolute Gasteiger partial charge is 0.257 e. The van der Waals surface area contributed by atoms with Gasteiger partial charge in [-0.1, -0.05) is 65.9 Å². The molecule has 1 heterocycles. The fourth-order valence-electron chi connectivity index (χ4n) is 3.00. The summed E-state index contributed by atoms with van der Waals surface area (Å²) in [5.74, 6) is -0.462. The molecule has 0 aliphatic heterocycles. The number of thiocarbonyl (C=S) groups is 1. The lowest BCUT2D eigenvalue weighted by Crippen LogP contribution is -2.29.